The van der Waals surface area contributed by atoms with Gasteiger partial charge in [0.15, 0.2) is 0 Å². The van der Waals surface area contributed by atoms with Gasteiger partial charge in [-0.1, -0.05) is 128 Å². The number of rotatable bonds is 4. The molecule has 4 bridgehead atoms. The lowest BCUT2D eigenvalue weighted by atomic mass is 9.43. The highest BCUT2D eigenvalue weighted by Gasteiger charge is 2.61. The standard InChI is InChI=1S/C56H49N/c1-8-26-55(27-9-1)51-14-6-4-12-47(51)49-34-45(22-24-52(49)55)57(44-20-18-39(19-21-44)41-17-16-38-10-2-3-11-40(38)33-41)46-23-25-54-50(35-46)48-13-5-7-15-53(48)56(54)42-29-36-28-37(31-42)32-43(56)30-36/h2-7,10-25,33-37,42-43H,1,8-9,26-32H2. The van der Waals surface area contributed by atoms with Crippen molar-refractivity contribution in [2.45, 2.75) is 75.0 Å². The summed E-state index contributed by atoms with van der Waals surface area (Å²) < 4.78 is 0. The van der Waals surface area contributed by atoms with Crippen molar-refractivity contribution < 1.29 is 0 Å². The molecule has 0 heterocycles. The normalized spacial score (nSPS) is 25.4. The first-order valence-electron chi connectivity index (χ1n) is 22.1. The van der Waals surface area contributed by atoms with Crippen LogP contribution in [0.4, 0.5) is 17.1 Å². The molecule has 7 aliphatic carbocycles. The van der Waals surface area contributed by atoms with Crippen LogP contribution >= 0.6 is 0 Å². The highest BCUT2D eigenvalue weighted by atomic mass is 15.1. The molecule has 7 aromatic carbocycles. The Morgan fingerprint density at radius 3 is 1.63 bits per heavy atom. The molecular weight excluding hydrogens is 687 g/mol. The number of hydrogen-bond donors (Lipinski definition) is 0. The first-order chi connectivity index (χ1) is 28.2. The van der Waals surface area contributed by atoms with Crippen LogP contribution in [-0.4, -0.2) is 0 Å². The molecule has 278 valence electrons. The minimum atomic E-state index is 0.152. The van der Waals surface area contributed by atoms with Crippen molar-refractivity contribution in [2.24, 2.45) is 23.7 Å². The number of anilines is 3. The Balaban J connectivity index is 0.979. The Morgan fingerprint density at radius 1 is 0.386 bits per heavy atom. The van der Waals surface area contributed by atoms with Crippen LogP contribution in [0.5, 0.6) is 0 Å². The fourth-order valence-electron chi connectivity index (χ4n) is 14.2. The Kier molecular flexibility index (Phi) is 6.91. The van der Waals surface area contributed by atoms with Gasteiger partial charge in [0, 0.05) is 27.9 Å². The number of hydrogen-bond acceptors (Lipinski definition) is 1. The lowest BCUT2D eigenvalue weighted by Gasteiger charge is -2.61. The summed E-state index contributed by atoms with van der Waals surface area (Å²) >= 11 is 0. The molecule has 57 heavy (non-hydrogen) atoms. The van der Waals surface area contributed by atoms with Crippen molar-refractivity contribution in [2.75, 3.05) is 4.90 Å². The average Bonchev–Trinajstić information content (AvgIpc) is 3.70. The molecule has 0 N–H and O–H groups in total. The molecule has 0 aromatic heterocycles. The van der Waals surface area contributed by atoms with Crippen molar-refractivity contribution >= 4 is 27.8 Å². The minimum absolute atomic E-state index is 0.152. The summed E-state index contributed by atoms with van der Waals surface area (Å²) in [6, 6.07) is 59.0. The zero-order valence-corrected chi connectivity index (χ0v) is 32.8. The fourth-order valence-corrected chi connectivity index (χ4v) is 14.2. The van der Waals surface area contributed by atoms with Gasteiger partial charge < -0.3 is 4.90 Å². The minimum Gasteiger partial charge on any atom is -0.310 e. The van der Waals surface area contributed by atoms with Crippen molar-refractivity contribution in [3.63, 3.8) is 0 Å². The van der Waals surface area contributed by atoms with Crippen LogP contribution in [0.1, 0.15) is 86.5 Å². The smallest absolute Gasteiger partial charge is 0.0468 e. The molecule has 0 amide bonds. The van der Waals surface area contributed by atoms with Gasteiger partial charge in [0.2, 0.25) is 0 Å². The first-order valence-corrected chi connectivity index (χ1v) is 22.1. The molecule has 7 aliphatic rings. The van der Waals surface area contributed by atoms with Crippen LogP contribution in [0, 0.1) is 23.7 Å². The van der Waals surface area contributed by atoms with Crippen LogP contribution < -0.4 is 4.90 Å². The van der Waals surface area contributed by atoms with Crippen LogP contribution in [0.25, 0.3) is 44.2 Å². The maximum Gasteiger partial charge on any atom is 0.0468 e. The first kappa shape index (κ1) is 32.7. The van der Waals surface area contributed by atoms with Gasteiger partial charge in [-0.3, -0.25) is 0 Å². The summed E-state index contributed by atoms with van der Waals surface area (Å²) in [7, 11) is 0. The summed E-state index contributed by atoms with van der Waals surface area (Å²) in [5, 5.41) is 2.57. The molecule has 1 heteroatoms. The predicted molar refractivity (Wildman–Crippen MR) is 237 cm³/mol. The second-order valence-electron chi connectivity index (χ2n) is 18.8. The van der Waals surface area contributed by atoms with E-state index in [1.165, 1.54) is 125 Å². The van der Waals surface area contributed by atoms with Gasteiger partial charge in [-0.05, 0) is 177 Å². The molecule has 0 aliphatic heterocycles. The van der Waals surface area contributed by atoms with E-state index in [1.807, 2.05) is 0 Å². The Hall–Kier alpha value is -5.40. The highest BCUT2D eigenvalue weighted by Crippen LogP contribution is 2.69. The van der Waals surface area contributed by atoms with Crippen LogP contribution in [0.2, 0.25) is 0 Å². The molecule has 0 radical (unpaired) electrons. The SMILES string of the molecule is c1ccc2c(c1)-c1cc(N(c3ccc(-c4ccc5ccccc5c4)cc3)c3ccc4c(c3)-c3ccccc3C43C4CC5CC(C4)CC3C5)ccc1C21CCCCC1. The van der Waals surface area contributed by atoms with Crippen molar-refractivity contribution in [1.82, 2.24) is 0 Å². The molecule has 7 aromatic rings. The maximum absolute atomic E-state index is 2.59. The van der Waals surface area contributed by atoms with E-state index in [1.54, 1.807) is 22.3 Å². The van der Waals surface area contributed by atoms with Gasteiger partial charge in [0.05, 0.1) is 0 Å². The lowest BCUT2D eigenvalue weighted by Crippen LogP contribution is -2.55. The van der Waals surface area contributed by atoms with Gasteiger partial charge in [-0.2, -0.15) is 0 Å². The third kappa shape index (κ3) is 4.52. The van der Waals surface area contributed by atoms with Gasteiger partial charge in [-0.25, -0.2) is 0 Å². The quantitative estimate of drug-likeness (QED) is 0.174. The maximum atomic E-state index is 2.59. The fraction of sp³-hybridized carbons (Fsp3) is 0.286. The molecule has 5 saturated carbocycles. The molecular formula is C56H49N. The third-order valence-corrected chi connectivity index (χ3v) is 16.2. The van der Waals surface area contributed by atoms with E-state index < -0.39 is 0 Å². The number of fused-ring (bicyclic) bond motifs is 9. The Bertz CT molecular complexity index is 2720. The van der Waals surface area contributed by atoms with Crippen LogP contribution in [0.3, 0.4) is 0 Å². The molecule has 0 atom stereocenters. The van der Waals surface area contributed by atoms with E-state index in [-0.39, 0.29) is 10.8 Å². The van der Waals surface area contributed by atoms with Crippen molar-refractivity contribution in [1.29, 1.82) is 0 Å². The molecule has 0 saturated heterocycles. The van der Waals surface area contributed by atoms with Crippen molar-refractivity contribution in [3.8, 4) is 33.4 Å². The second-order valence-corrected chi connectivity index (χ2v) is 18.8. The summed E-state index contributed by atoms with van der Waals surface area (Å²) in [6.07, 6.45) is 13.6. The van der Waals surface area contributed by atoms with E-state index in [4.69, 9.17) is 0 Å². The average molecular weight is 736 g/mol. The van der Waals surface area contributed by atoms with Crippen molar-refractivity contribution in [3.05, 3.63) is 174 Å². The molecule has 5 fully saturated rings. The molecule has 14 rings (SSSR count). The van der Waals surface area contributed by atoms with E-state index in [9.17, 15) is 0 Å². The zero-order valence-electron chi connectivity index (χ0n) is 32.8. The largest absolute Gasteiger partial charge is 0.310 e. The van der Waals surface area contributed by atoms with Crippen LogP contribution in [0.15, 0.2) is 152 Å². The topological polar surface area (TPSA) is 3.24 Å². The zero-order chi connectivity index (χ0) is 37.3. The van der Waals surface area contributed by atoms with Crippen LogP contribution in [-0.2, 0) is 10.8 Å². The second kappa shape index (κ2) is 12.1. The summed E-state index contributed by atoms with van der Waals surface area (Å²) in [4.78, 5) is 2.56. The van der Waals surface area contributed by atoms with Gasteiger partial charge in [0.1, 0.15) is 0 Å². The molecule has 2 spiro atoms. The predicted octanol–water partition coefficient (Wildman–Crippen LogP) is 14.9. The van der Waals surface area contributed by atoms with Gasteiger partial charge >= 0.3 is 0 Å². The number of benzene rings is 7. The monoisotopic (exact) mass is 735 g/mol. The summed E-state index contributed by atoms with van der Waals surface area (Å²) in [5.41, 5.74) is 18.7. The van der Waals surface area contributed by atoms with E-state index in [0.717, 1.165) is 23.7 Å². The summed E-state index contributed by atoms with van der Waals surface area (Å²) in [6.45, 7) is 0. The Morgan fingerprint density at radius 2 is 0.912 bits per heavy atom. The van der Waals surface area contributed by atoms with Gasteiger partial charge in [-0.15, -0.1) is 0 Å². The van der Waals surface area contributed by atoms with E-state index in [0.29, 0.717) is 0 Å². The highest BCUT2D eigenvalue weighted by molar-refractivity contribution is 5.91. The van der Waals surface area contributed by atoms with E-state index >= 15 is 0 Å². The van der Waals surface area contributed by atoms with Gasteiger partial charge in [0.25, 0.3) is 0 Å². The Labute approximate surface area is 337 Å². The number of nitrogens with zero attached hydrogens (tertiary/aromatic N) is 1. The molecule has 1 nitrogen and oxygen atoms in total. The molecule has 0 unspecified atom stereocenters. The third-order valence-electron chi connectivity index (χ3n) is 16.2. The summed E-state index contributed by atoms with van der Waals surface area (Å²) in [5.74, 6) is 3.42. The van der Waals surface area contributed by atoms with E-state index in [2.05, 4.69) is 157 Å². The lowest BCUT2D eigenvalue weighted by molar-refractivity contribution is -0.0399.